The van der Waals surface area contributed by atoms with Crippen molar-refractivity contribution in [3.8, 4) is 5.75 Å². The zero-order valence-electron chi connectivity index (χ0n) is 12.5. The lowest BCUT2D eigenvalue weighted by Crippen LogP contribution is -2.26. The number of hydrogen-bond donors (Lipinski definition) is 3. The fraction of sp³-hybridized carbons (Fsp3) is 0.235. The Balaban J connectivity index is 1.73. The Labute approximate surface area is 129 Å². The van der Waals surface area contributed by atoms with E-state index in [1.807, 2.05) is 42.5 Å². The molecule has 1 amide bonds. The Morgan fingerprint density at radius 1 is 1.09 bits per heavy atom. The highest BCUT2D eigenvalue weighted by Gasteiger charge is 2.05. The van der Waals surface area contributed by atoms with E-state index < -0.39 is 6.10 Å². The summed E-state index contributed by atoms with van der Waals surface area (Å²) >= 11 is 0. The minimum atomic E-state index is -0.616. The molecule has 0 aromatic heterocycles. The highest BCUT2D eigenvalue weighted by molar-refractivity contribution is 5.88. The van der Waals surface area contributed by atoms with E-state index >= 15 is 0 Å². The van der Waals surface area contributed by atoms with Crippen molar-refractivity contribution in [2.45, 2.75) is 13.0 Å². The van der Waals surface area contributed by atoms with Crippen LogP contribution < -0.4 is 15.4 Å². The van der Waals surface area contributed by atoms with Crippen LogP contribution in [0.3, 0.4) is 0 Å². The maximum atomic E-state index is 10.9. The summed E-state index contributed by atoms with van der Waals surface area (Å²) in [5.74, 6) is 0.635. The van der Waals surface area contributed by atoms with Crippen molar-refractivity contribution < 1.29 is 14.6 Å². The first-order valence-electron chi connectivity index (χ1n) is 7.11. The van der Waals surface area contributed by atoms with Gasteiger partial charge in [-0.05, 0) is 36.4 Å². The van der Waals surface area contributed by atoms with Crippen molar-refractivity contribution in [3.05, 3.63) is 54.6 Å². The molecule has 116 valence electrons. The van der Waals surface area contributed by atoms with Crippen molar-refractivity contribution in [2.24, 2.45) is 0 Å². The van der Waals surface area contributed by atoms with Crippen LogP contribution in [0, 0.1) is 0 Å². The molecule has 22 heavy (non-hydrogen) atoms. The summed E-state index contributed by atoms with van der Waals surface area (Å²) in [4.78, 5) is 10.9. The van der Waals surface area contributed by atoms with E-state index in [4.69, 9.17) is 4.74 Å². The molecule has 2 aromatic rings. The van der Waals surface area contributed by atoms with E-state index in [1.54, 1.807) is 12.1 Å². The quantitative estimate of drug-likeness (QED) is 0.735. The number of rotatable bonds is 7. The second kappa shape index (κ2) is 8.05. The summed E-state index contributed by atoms with van der Waals surface area (Å²) in [7, 11) is 0. The zero-order chi connectivity index (χ0) is 15.8. The lowest BCUT2D eigenvalue weighted by molar-refractivity contribution is -0.114. The van der Waals surface area contributed by atoms with E-state index in [0.29, 0.717) is 6.54 Å². The van der Waals surface area contributed by atoms with E-state index in [9.17, 15) is 9.90 Å². The summed E-state index contributed by atoms with van der Waals surface area (Å²) < 4.78 is 5.48. The van der Waals surface area contributed by atoms with Crippen LogP contribution in [0.4, 0.5) is 11.4 Å². The average molecular weight is 300 g/mol. The number of carbonyl (C=O) groups excluding carboxylic acids is 1. The highest BCUT2D eigenvalue weighted by Crippen LogP contribution is 2.13. The fourth-order valence-corrected chi connectivity index (χ4v) is 1.88. The van der Waals surface area contributed by atoms with Gasteiger partial charge in [0.2, 0.25) is 5.91 Å². The Kier molecular flexibility index (Phi) is 5.80. The number of benzene rings is 2. The van der Waals surface area contributed by atoms with Gasteiger partial charge in [0.15, 0.2) is 0 Å². The third-order valence-electron chi connectivity index (χ3n) is 2.93. The van der Waals surface area contributed by atoms with Crippen LogP contribution in [0.1, 0.15) is 6.92 Å². The molecule has 5 nitrogen and oxygen atoms in total. The van der Waals surface area contributed by atoms with Gasteiger partial charge in [0.1, 0.15) is 18.5 Å². The Morgan fingerprint density at radius 3 is 2.36 bits per heavy atom. The lowest BCUT2D eigenvalue weighted by atomic mass is 10.2. The normalized spacial score (nSPS) is 11.5. The molecule has 0 radical (unpaired) electrons. The van der Waals surface area contributed by atoms with Crippen molar-refractivity contribution in [1.29, 1.82) is 0 Å². The molecule has 0 saturated carbocycles. The molecule has 0 aliphatic rings. The number of amides is 1. The molecular weight excluding hydrogens is 280 g/mol. The molecule has 2 rings (SSSR count). The van der Waals surface area contributed by atoms with Crippen LogP contribution in [-0.4, -0.2) is 30.3 Å². The Bertz CT molecular complexity index is 585. The minimum absolute atomic E-state index is 0.103. The first kappa shape index (κ1) is 15.9. The largest absolute Gasteiger partial charge is 0.491 e. The van der Waals surface area contributed by atoms with Crippen molar-refractivity contribution in [2.75, 3.05) is 23.8 Å². The van der Waals surface area contributed by atoms with E-state index in [2.05, 4.69) is 10.6 Å². The molecule has 0 spiro atoms. The number of anilines is 2. The van der Waals surface area contributed by atoms with Crippen LogP contribution in [-0.2, 0) is 4.79 Å². The van der Waals surface area contributed by atoms with E-state index in [-0.39, 0.29) is 12.5 Å². The van der Waals surface area contributed by atoms with Gasteiger partial charge >= 0.3 is 0 Å². The second-order valence-corrected chi connectivity index (χ2v) is 4.92. The van der Waals surface area contributed by atoms with Crippen molar-refractivity contribution >= 4 is 17.3 Å². The molecule has 3 N–H and O–H groups in total. The molecule has 0 unspecified atom stereocenters. The topological polar surface area (TPSA) is 70.6 Å². The van der Waals surface area contributed by atoms with Crippen LogP contribution in [0.2, 0.25) is 0 Å². The molecule has 0 saturated heterocycles. The number of aliphatic hydroxyl groups is 1. The van der Waals surface area contributed by atoms with Gasteiger partial charge in [-0.25, -0.2) is 0 Å². The van der Waals surface area contributed by atoms with Crippen LogP contribution >= 0.6 is 0 Å². The van der Waals surface area contributed by atoms with Gasteiger partial charge in [-0.1, -0.05) is 18.2 Å². The molecule has 5 heteroatoms. The van der Waals surface area contributed by atoms with Gasteiger partial charge in [-0.2, -0.15) is 0 Å². The predicted molar refractivity (Wildman–Crippen MR) is 87.2 cm³/mol. The maximum Gasteiger partial charge on any atom is 0.221 e. The smallest absolute Gasteiger partial charge is 0.221 e. The fourth-order valence-electron chi connectivity index (χ4n) is 1.88. The minimum Gasteiger partial charge on any atom is -0.491 e. The van der Waals surface area contributed by atoms with Crippen molar-refractivity contribution in [1.82, 2.24) is 0 Å². The molecule has 0 fully saturated rings. The summed E-state index contributed by atoms with van der Waals surface area (Å²) in [6.07, 6.45) is -0.616. The van der Waals surface area contributed by atoms with Gasteiger partial charge in [-0.3, -0.25) is 4.79 Å². The highest BCUT2D eigenvalue weighted by atomic mass is 16.5. The van der Waals surface area contributed by atoms with Crippen molar-refractivity contribution in [3.63, 3.8) is 0 Å². The predicted octanol–water partition coefficient (Wildman–Crippen LogP) is 2.50. The SMILES string of the molecule is CC(=O)Nc1ccc(NC[C@@H](O)COc2ccccc2)cc1. The standard InChI is InChI=1S/C17H20N2O3/c1-13(20)19-15-9-7-14(8-10-15)18-11-16(21)12-22-17-5-3-2-4-6-17/h2-10,16,18,21H,11-12H2,1H3,(H,19,20)/t16-/m1/s1. The van der Waals surface area contributed by atoms with Gasteiger partial charge in [-0.15, -0.1) is 0 Å². The molecule has 2 aromatic carbocycles. The number of nitrogens with one attached hydrogen (secondary N) is 2. The van der Waals surface area contributed by atoms with Crippen LogP contribution in [0.25, 0.3) is 0 Å². The van der Waals surface area contributed by atoms with Crippen LogP contribution in [0.5, 0.6) is 5.75 Å². The first-order valence-corrected chi connectivity index (χ1v) is 7.11. The van der Waals surface area contributed by atoms with Gasteiger partial charge in [0, 0.05) is 24.8 Å². The average Bonchev–Trinajstić information content (AvgIpc) is 2.53. The molecule has 0 aliphatic carbocycles. The first-order chi connectivity index (χ1) is 10.6. The van der Waals surface area contributed by atoms with Gasteiger partial charge in [0.25, 0.3) is 0 Å². The number of hydrogen-bond acceptors (Lipinski definition) is 4. The van der Waals surface area contributed by atoms with E-state index in [1.165, 1.54) is 6.92 Å². The third kappa shape index (κ3) is 5.46. The summed E-state index contributed by atoms with van der Waals surface area (Å²) in [6.45, 7) is 2.07. The van der Waals surface area contributed by atoms with Crippen LogP contribution in [0.15, 0.2) is 54.6 Å². The third-order valence-corrected chi connectivity index (χ3v) is 2.93. The molecular formula is C17H20N2O3. The molecule has 0 heterocycles. The molecule has 0 aliphatic heterocycles. The zero-order valence-corrected chi connectivity index (χ0v) is 12.5. The second-order valence-electron chi connectivity index (χ2n) is 4.92. The van der Waals surface area contributed by atoms with E-state index in [0.717, 1.165) is 17.1 Å². The monoisotopic (exact) mass is 300 g/mol. The summed E-state index contributed by atoms with van der Waals surface area (Å²) in [6, 6.07) is 16.7. The molecule has 1 atom stereocenters. The Hall–Kier alpha value is -2.53. The number of carbonyl (C=O) groups is 1. The number of aliphatic hydroxyl groups excluding tert-OH is 1. The van der Waals surface area contributed by atoms with Gasteiger partial charge < -0.3 is 20.5 Å². The maximum absolute atomic E-state index is 10.9. The summed E-state index contributed by atoms with van der Waals surface area (Å²) in [5.41, 5.74) is 1.61. The molecule has 0 bridgehead atoms. The Morgan fingerprint density at radius 2 is 1.73 bits per heavy atom. The van der Waals surface area contributed by atoms with Gasteiger partial charge in [0.05, 0.1) is 0 Å². The number of ether oxygens (including phenoxy) is 1. The number of para-hydroxylation sites is 1. The summed E-state index contributed by atoms with van der Waals surface area (Å²) in [5, 5.41) is 15.7. The lowest BCUT2D eigenvalue weighted by Gasteiger charge is -2.14.